The first kappa shape index (κ1) is 15.0. The van der Waals surface area contributed by atoms with E-state index in [1.165, 1.54) is 0 Å². The standard InChI is InChI=1S/C14H14Cl2FN3/c1-3-18-14-13(17)8(2)19-12(20-14)6-9-4-5-10(15)7-11(9)16/h4-5,7H,3,6H2,1-2H3,(H,18,19,20). The second kappa shape index (κ2) is 6.37. The van der Waals surface area contributed by atoms with Crippen LogP contribution in [-0.2, 0) is 6.42 Å². The van der Waals surface area contributed by atoms with Gasteiger partial charge in [0.1, 0.15) is 5.82 Å². The molecule has 1 N–H and O–H groups in total. The topological polar surface area (TPSA) is 37.8 Å². The molecule has 0 radical (unpaired) electrons. The zero-order chi connectivity index (χ0) is 14.7. The van der Waals surface area contributed by atoms with Crippen molar-refractivity contribution in [2.24, 2.45) is 0 Å². The number of aromatic nitrogens is 2. The van der Waals surface area contributed by atoms with E-state index in [2.05, 4.69) is 15.3 Å². The van der Waals surface area contributed by atoms with Crippen LogP contribution in [0, 0.1) is 12.7 Å². The van der Waals surface area contributed by atoms with Crippen molar-refractivity contribution < 1.29 is 4.39 Å². The molecule has 0 saturated heterocycles. The summed E-state index contributed by atoms with van der Waals surface area (Å²) in [6, 6.07) is 5.24. The fraction of sp³-hybridized carbons (Fsp3) is 0.286. The number of rotatable bonds is 4. The number of benzene rings is 1. The average Bonchev–Trinajstić information content (AvgIpc) is 2.39. The third-order valence-electron chi connectivity index (χ3n) is 2.77. The third-order valence-corrected chi connectivity index (χ3v) is 3.36. The molecule has 0 aliphatic rings. The van der Waals surface area contributed by atoms with Gasteiger partial charge in [-0.2, -0.15) is 0 Å². The molecule has 1 aromatic carbocycles. The lowest BCUT2D eigenvalue weighted by Crippen LogP contribution is -2.09. The Morgan fingerprint density at radius 1 is 1.25 bits per heavy atom. The van der Waals surface area contributed by atoms with Crippen molar-refractivity contribution in [2.45, 2.75) is 20.3 Å². The van der Waals surface area contributed by atoms with Gasteiger partial charge in [0.2, 0.25) is 0 Å². The maximum absolute atomic E-state index is 13.8. The number of hydrogen-bond donors (Lipinski definition) is 1. The van der Waals surface area contributed by atoms with Crippen LogP contribution >= 0.6 is 23.2 Å². The van der Waals surface area contributed by atoms with Crippen LogP contribution in [-0.4, -0.2) is 16.5 Å². The number of hydrogen-bond acceptors (Lipinski definition) is 3. The van der Waals surface area contributed by atoms with Gasteiger partial charge < -0.3 is 5.32 Å². The van der Waals surface area contributed by atoms with Crippen molar-refractivity contribution >= 4 is 29.0 Å². The van der Waals surface area contributed by atoms with E-state index in [1.807, 2.05) is 13.0 Å². The second-order valence-electron chi connectivity index (χ2n) is 4.33. The van der Waals surface area contributed by atoms with Crippen molar-refractivity contribution in [3.63, 3.8) is 0 Å². The fourth-order valence-corrected chi connectivity index (χ4v) is 2.29. The first-order valence-corrected chi connectivity index (χ1v) is 6.97. The smallest absolute Gasteiger partial charge is 0.186 e. The minimum atomic E-state index is -0.419. The molecule has 1 heterocycles. The normalized spacial score (nSPS) is 10.7. The van der Waals surface area contributed by atoms with Gasteiger partial charge in [0, 0.05) is 23.0 Å². The highest BCUT2D eigenvalue weighted by molar-refractivity contribution is 6.35. The van der Waals surface area contributed by atoms with Crippen molar-refractivity contribution in [1.29, 1.82) is 0 Å². The summed E-state index contributed by atoms with van der Waals surface area (Å²) >= 11 is 12.0. The summed E-state index contributed by atoms with van der Waals surface area (Å²) in [5.41, 5.74) is 1.17. The Morgan fingerprint density at radius 2 is 2.00 bits per heavy atom. The molecule has 0 unspecified atom stereocenters. The first-order valence-electron chi connectivity index (χ1n) is 6.22. The molecular weight excluding hydrogens is 300 g/mol. The molecule has 0 amide bonds. The maximum Gasteiger partial charge on any atom is 0.186 e. The Morgan fingerprint density at radius 3 is 2.65 bits per heavy atom. The van der Waals surface area contributed by atoms with Crippen LogP contribution in [0.2, 0.25) is 10.0 Å². The van der Waals surface area contributed by atoms with Gasteiger partial charge in [-0.1, -0.05) is 29.3 Å². The van der Waals surface area contributed by atoms with Crippen molar-refractivity contribution in [1.82, 2.24) is 9.97 Å². The zero-order valence-corrected chi connectivity index (χ0v) is 12.7. The Bertz CT molecular complexity index is 632. The molecule has 0 spiro atoms. The number of nitrogens with one attached hydrogen (secondary N) is 1. The predicted molar refractivity (Wildman–Crippen MR) is 80.2 cm³/mol. The highest BCUT2D eigenvalue weighted by Crippen LogP contribution is 2.23. The van der Waals surface area contributed by atoms with Gasteiger partial charge in [-0.3, -0.25) is 0 Å². The second-order valence-corrected chi connectivity index (χ2v) is 5.17. The molecule has 0 aliphatic carbocycles. The van der Waals surface area contributed by atoms with Gasteiger partial charge in [0.05, 0.1) is 5.69 Å². The SMILES string of the molecule is CCNc1nc(Cc2ccc(Cl)cc2Cl)nc(C)c1F. The number of nitrogens with zero attached hydrogens (tertiary/aromatic N) is 2. The number of anilines is 1. The lowest BCUT2D eigenvalue weighted by molar-refractivity contribution is 0.601. The summed E-state index contributed by atoms with van der Waals surface area (Å²) in [5, 5.41) is 4.01. The van der Waals surface area contributed by atoms with Gasteiger partial charge in [-0.05, 0) is 31.5 Å². The van der Waals surface area contributed by atoms with E-state index >= 15 is 0 Å². The van der Waals surface area contributed by atoms with Gasteiger partial charge >= 0.3 is 0 Å². The summed E-state index contributed by atoms with van der Waals surface area (Å²) < 4.78 is 13.8. The molecule has 0 bridgehead atoms. The van der Waals surface area contributed by atoms with Crippen LogP contribution in [0.15, 0.2) is 18.2 Å². The van der Waals surface area contributed by atoms with Crippen LogP contribution < -0.4 is 5.32 Å². The maximum atomic E-state index is 13.8. The third kappa shape index (κ3) is 3.38. The average molecular weight is 314 g/mol. The van der Waals surface area contributed by atoms with Crippen LogP contribution in [0.3, 0.4) is 0 Å². The van der Waals surface area contributed by atoms with Crippen LogP contribution in [0.5, 0.6) is 0 Å². The number of halogens is 3. The number of aryl methyl sites for hydroxylation is 1. The predicted octanol–water partition coefficient (Wildman–Crippen LogP) is 4.25. The Balaban J connectivity index is 2.33. The van der Waals surface area contributed by atoms with Gasteiger partial charge in [0.25, 0.3) is 0 Å². The molecule has 0 fully saturated rings. The fourth-order valence-electron chi connectivity index (χ4n) is 1.82. The summed E-state index contributed by atoms with van der Waals surface area (Å²) in [6.45, 7) is 4.09. The monoisotopic (exact) mass is 313 g/mol. The quantitative estimate of drug-likeness (QED) is 0.916. The van der Waals surface area contributed by atoms with Gasteiger partial charge in [0.15, 0.2) is 11.6 Å². The van der Waals surface area contributed by atoms with Crippen LogP contribution in [0.1, 0.15) is 24.0 Å². The largest absolute Gasteiger partial charge is 0.368 e. The van der Waals surface area contributed by atoms with Gasteiger partial charge in [-0.25, -0.2) is 14.4 Å². The Hall–Kier alpha value is -1.39. The highest BCUT2D eigenvalue weighted by atomic mass is 35.5. The van der Waals surface area contributed by atoms with E-state index in [1.54, 1.807) is 19.1 Å². The van der Waals surface area contributed by atoms with E-state index < -0.39 is 5.82 Å². The van der Waals surface area contributed by atoms with E-state index in [9.17, 15) is 4.39 Å². The van der Waals surface area contributed by atoms with Crippen molar-refractivity contribution in [3.05, 3.63) is 51.1 Å². The van der Waals surface area contributed by atoms with Gasteiger partial charge in [-0.15, -0.1) is 0 Å². The molecule has 0 atom stereocenters. The zero-order valence-electron chi connectivity index (χ0n) is 11.2. The summed E-state index contributed by atoms with van der Waals surface area (Å²) in [5.74, 6) is 0.321. The minimum absolute atomic E-state index is 0.222. The lowest BCUT2D eigenvalue weighted by Gasteiger charge is -2.09. The van der Waals surface area contributed by atoms with Crippen LogP contribution in [0.25, 0.3) is 0 Å². The molecule has 2 aromatic rings. The minimum Gasteiger partial charge on any atom is -0.368 e. The molecule has 106 valence electrons. The Kier molecular flexibility index (Phi) is 4.78. The molecule has 0 aliphatic heterocycles. The van der Waals surface area contributed by atoms with Crippen molar-refractivity contribution in [2.75, 3.05) is 11.9 Å². The molecule has 1 aromatic heterocycles. The van der Waals surface area contributed by atoms with E-state index in [4.69, 9.17) is 23.2 Å². The molecule has 2 rings (SSSR count). The molecule has 3 nitrogen and oxygen atoms in total. The molecule has 0 saturated carbocycles. The molecule has 20 heavy (non-hydrogen) atoms. The summed E-state index contributed by atoms with van der Waals surface area (Å²) in [7, 11) is 0. The van der Waals surface area contributed by atoms with Crippen molar-refractivity contribution in [3.8, 4) is 0 Å². The summed E-state index contributed by atoms with van der Waals surface area (Å²) in [4.78, 5) is 8.35. The highest BCUT2D eigenvalue weighted by Gasteiger charge is 2.12. The van der Waals surface area contributed by atoms with E-state index in [-0.39, 0.29) is 5.82 Å². The molecular formula is C14H14Cl2FN3. The lowest BCUT2D eigenvalue weighted by atomic mass is 10.1. The van der Waals surface area contributed by atoms with E-state index in [0.29, 0.717) is 34.5 Å². The van der Waals surface area contributed by atoms with Crippen LogP contribution in [0.4, 0.5) is 10.2 Å². The Labute approximate surface area is 127 Å². The first-order chi connectivity index (χ1) is 9.51. The summed E-state index contributed by atoms with van der Waals surface area (Å²) in [6.07, 6.45) is 0.426. The molecule has 6 heteroatoms. The van der Waals surface area contributed by atoms with E-state index in [0.717, 1.165) is 5.56 Å².